The first kappa shape index (κ1) is 11.2. The second-order valence-corrected chi connectivity index (χ2v) is 4.33. The summed E-state index contributed by atoms with van der Waals surface area (Å²) in [5, 5.41) is 3.53. The second kappa shape index (κ2) is 3.96. The van der Waals surface area contributed by atoms with Crippen LogP contribution in [0.2, 0.25) is 5.02 Å². The van der Waals surface area contributed by atoms with Crippen molar-refractivity contribution in [2.24, 2.45) is 5.73 Å². The molecule has 1 atom stereocenters. The van der Waals surface area contributed by atoms with E-state index < -0.39 is 0 Å². The van der Waals surface area contributed by atoms with Crippen molar-refractivity contribution in [2.75, 3.05) is 23.8 Å². The molecular formula is C11H14ClN3O. The molecule has 1 amide bonds. The molecule has 16 heavy (non-hydrogen) atoms. The van der Waals surface area contributed by atoms with Gasteiger partial charge in [0.1, 0.15) is 6.04 Å². The predicted octanol–water partition coefficient (Wildman–Crippen LogP) is 1.36. The molecule has 1 heterocycles. The SMILES string of the molecule is Cc1c(Cl)ccc2c1N(C)C(CN)C(=O)N2. The number of nitrogens with one attached hydrogen (secondary N) is 1. The van der Waals surface area contributed by atoms with Crippen LogP contribution in [0.1, 0.15) is 5.56 Å². The Morgan fingerprint density at radius 3 is 2.88 bits per heavy atom. The van der Waals surface area contributed by atoms with Crippen LogP contribution in [0.3, 0.4) is 0 Å². The van der Waals surface area contributed by atoms with Gasteiger partial charge in [0.2, 0.25) is 5.91 Å². The average Bonchev–Trinajstić information content (AvgIpc) is 2.24. The van der Waals surface area contributed by atoms with Crippen molar-refractivity contribution in [2.45, 2.75) is 13.0 Å². The van der Waals surface area contributed by atoms with Gasteiger partial charge in [-0.1, -0.05) is 11.6 Å². The number of amides is 1. The normalized spacial score (nSPS) is 19.4. The number of fused-ring (bicyclic) bond motifs is 1. The number of hydrogen-bond donors (Lipinski definition) is 2. The summed E-state index contributed by atoms with van der Waals surface area (Å²) in [6.07, 6.45) is 0. The topological polar surface area (TPSA) is 58.4 Å². The highest BCUT2D eigenvalue weighted by atomic mass is 35.5. The minimum Gasteiger partial charge on any atom is -0.360 e. The third-order valence-electron chi connectivity index (χ3n) is 2.97. The minimum atomic E-state index is -0.329. The van der Waals surface area contributed by atoms with Crippen molar-refractivity contribution in [1.29, 1.82) is 0 Å². The molecule has 2 rings (SSSR count). The first-order chi connectivity index (χ1) is 7.56. The maximum atomic E-state index is 11.7. The monoisotopic (exact) mass is 239 g/mol. The Bertz CT molecular complexity index is 447. The van der Waals surface area contributed by atoms with Crippen molar-refractivity contribution >= 4 is 28.9 Å². The van der Waals surface area contributed by atoms with Crippen LogP contribution >= 0.6 is 11.6 Å². The number of hydrogen-bond acceptors (Lipinski definition) is 3. The molecule has 0 spiro atoms. The molecule has 1 aliphatic rings. The first-order valence-corrected chi connectivity index (χ1v) is 5.47. The van der Waals surface area contributed by atoms with Crippen molar-refractivity contribution in [3.05, 3.63) is 22.7 Å². The van der Waals surface area contributed by atoms with E-state index in [1.165, 1.54) is 0 Å². The molecule has 1 aromatic carbocycles. The van der Waals surface area contributed by atoms with Crippen LogP contribution in [0.25, 0.3) is 0 Å². The maximum Gasteiger partial charge on any atom is 0.248 e. The van der Waals surface area contributed by atoms with E-state index in [1.807, 2.05) is 24.9 Å². The van der Waals surface area contributed by atoms with Crippen LogP contribution in [-0.2, 0) is 4.79 Å². The largest absolute Gasteiger partial charge is 0.360 e. The zero-order chi connectivity index (χ0) is 11.9. The highest BCUT2D eigenvalue weighted by molar-refractivity contribution is 6.32. The summed E-state index contributed by atoms with van der Waals surface area (Å²) in [5.74, 6) is -0.0702. The smallest absolute Gasteiger partial charge is 0.248 e. The van der Waals surface area contributed by atoms with E-state index in [1.54, 1.807) is 6.07 Å². The van der Waals surface area contributed by atoms with Gasteiger partial charge in [0, 0.05) is 18.6 Å². The van der Waals surface area contributed by atoms with Crippen LogP contribution < -0.4 is 16.0 Å². The van der Waals surface area contributed by atoms with Crippen molar-refractivity contribution in [1.82, 2.24) is 0 Å². The van der Waals surface area contributed by atoms with Gasteiger partial charge in [-0.3, -0.25) is 4.79 Å². The van der Waals surface area contributed by atoms with E-state index in [-0.39, 0.29) is 18.5 Å². The van der Waals surface area contributed by atoms with Gasteiger partial charge >= 0.3 is 0 Å². The van der Waals surface area contributed by atoms with Gasteiger partial charge in [0.05, 0.1) is 11.4 Å². The number of carbonyl (C=O) groups excluding carboxylic acids is 1. The Hall–Kier alpha value is -1.26. The summed E-state index contributed by atoms with van der Waals surface area (Å²) >= 11 is 6.07. The van der Waals surface area contributed by atoms with E-state index in [0.29, 0.717) is 5.02 Å². The predicted molar refractivity (Wildman–Crippen MR) is 66.1 cm³/mol. The Balaban J connectivity index is 2.56. The average molecular weight is 240 g/mol. The molecule has 1 unspecified atom stereocenters. The van der Waals surface area contributed by atoms with Crippen LogP contribution in [0.4, 0.5) is 11.4 Å². The van der Waals surface area contributed by atoms with Gasteiger partial charge in [0.15, 0.2) is 0 Å². The van der Waals surface area contributed by atoms with Crippen LogP contribution in [0, 0.1) is 6.92 Å². The van der Waals surface area contributed by atoms with Crippen LogP contribution in [-0.4, -0.2) is 25.5 Å². The van der Waals surface area contributed by atoms with Crippen LogP contribution in [0.15, 0.2) is 12.1 Å². The Morgan fingerprint density at radius 2 is 2.25 bits per heavy atom. The van der Waals surface area contributed by atoms with Gasteiger partial charge in [-0.15, -0.1) is 0 Å². The highest BCUT2D eigenvalue weighted by Crippen LogP contribution is 2.37. The van der Waals surface area contributed by atoms with Gasteiger partial charge in [0.25, 0.3) is 0 Å². The van der Waals surface area contributed by atoms with E-state index >= 15 is 0 Å². The summed E-state index contributed by atoms with van der Waals surface area (Å²) < 4.78 is 0. The Morgan fingerprint density at radius 1 is 1.56 bits per heavy atom. The second-order valence-electron chi connectivity index (χ2n) is 3.92. The molecule has 0 aromatic heterocycles. The molecule has 0 saturated heterocycles. The summed E-state index contributed by atoms with van der Waals surface area (Å²) in [7, 11) is 1.86. The quantitative estimate of drug-likeness (QED) is 0.778. The molecule has 5 heteroatoms. The molecule has 0 saturated carbocycles. The van der Waals surface area contributed by atoms with Gasteiger partial charge < -0.3 is 16.0 Å². The number of anilines is 2. The third kappa shape index (κ3) is 1.54. The van der Waals surface area contributed by atoms with E-state index in [9.17, 15) is 4.79 Å². The van der Waals surface area contributed by atoms with Gasteiger partial charge in [-0.2, -0.15) is 0 Å². The summed E-state index contributed by atoms with van der Waals surface area (Å²) in [6, 6.07) is 3.27. The molecule has 0 bridgehead atoms. The molecule has 0 aliphatic carbocycles. The lowest BCUT2D eigenvalue weighted by molar-refractivity contribution is -0.117. The van der Waals surface area contributed by atoms with E-state index in [0.717, 1.165) is 16.9 Å². The molecule has 1 aromatic rings. The van der Waals surface area contributed by atoms with Crippen molar-refractivity contribution in [3.63, 3.8) is 0 Å². The van der Waals surface area contributed by atoms with Crippen molar-refractivity contribution in [3.8, 4) is 0 Å². The third-order valence-corrected chi connectivity index (χ3v) is 3.38. The van der Waals surface area contributed by atoms with Gasteiger partial charge in [-0.25, -0.2) is 0 Å². The van der Waals surface area contributed by atoms with Gasteiger partial charge in [-0.05, 0) is 24.6 Å². The fourth-order valence-electron chi connectivity index (χ4n) is 2.04. The maximum absolute atomic E-state index is 11.7. The van der Waals surface area contributed by atoms with E-state index in [4.69, 9.17) is 17.3 Å². The molecule has 0 radical (unpaired) electrons. The molecule has 86 valence electrons. The Kier molecular flexibility index (Phi) is 2.78. The summed E-state index contributed by atoms with van der Waals surface area (Å²) in [6.45, 7) is 2.22. The standard InChI is InChI=1S/C11H14ClN3O/c1-6-7(12)3-4-8-10(6)15(2)9(5-13)11(16)14-8/h3-4,9H,5,13H2,1-2H3,(H,14,16). The number of nitrogens with two attached hydrogens (primary N) is 1. The molecule has 1 aliphatic heterocycles. The number of rotatable bonds is 1. The summed E-state index contributed by atoms with van der Waals surface area (Å²) in [4.78, 5) is 13.6. The van der Waals surface area contributed by atoms with Crippen molar-refractivity contribution < 1.29 is 4.79 Å². The number of likely N-dealkylation sites (N-methyl/N-ethyl adjacent to an activating group) is 1. The number of halogens is 1. The lowest BCUT2D eigenvalue weighted by atomic mass is 10.1. The summed E-state index contributed by atoms with van der Waals surface area (Å²) in [5.41, 5.74) is 8.29. The number of nitrogens with zero attached hydrogens (tertiary/aromatic N) is 1. The lowest BCUT2D eigenvalue weighted by Gasteiger charge is -2.35. The highest BCUT2D eigenvalue weighted by Gasteiger charge is 2.30. The zero-order valence-electron chi connectivity index (χ0n) is 9.25. The zero-order valence-corrected chi connectivity index (χ0v) is 10.0. The number of benzene rings is 1. The molecule has 4 nitrogen and oxygen atoms in total. The number of carbonyl (C=O) groups is 1. The van der Waals surface area contributed by atoms with E-state index in [2.05, 4.69) is 5.32 Å². The fourth-order valence-corrected chi connectivity index (χ4v) is 2.20. The molecule has 0 fully saturated rings. The molecular weight excluding hydrogens is 226 g/mol. The fraction of sp³-hybridized carbons (Fsp3) is 0.364. The Labute approximate surface area is 99.4 Å². The van der Waals surface area contributed by atoms with Crippen LogP contribution in [0.5, 0.6) is 0 Å². The first-order valence-electron chi connectivity index (χ1n) is 5.09. The molecule has 3 N–H and O–H groups in total. The minimum absolute atomic E-state index is 0.0702. The lowest BCUT2D eigenvalue weighted by Crippen LogP contribution is -2.50.